The maximum atomic E-state index is 13.7. The van der Waals surface area contributed by atoms with E-state index < -0.39 is 17.8 Å². The normalized spacial score (nSPS) is 14.8. The second-order valence-electron chi connectivity index (χ2n) is 6.38. The third-order valence-electron chi connectivity index (χ3n) is 4.31. The van der Waals surface area contributed by atoms with E-state index in [0.717, 1.165) is 27.7 Å². The Morgan fingerprint density at radius 1 is 1.31 bits per heavy atom. The molecule has 1 saturated carbocycles. The van der Waals surface area contributed by atoms with E-state index >= 15 is 0 Å². The van der Waals surface area contributed by atoms with Crippen LogP contribution in [0.15, 0.2) is 36.4 Å². The molecule has 3 rings (SSSR count). The van der Waals surface area contributed by atoms with Crippen molar-refractivity contribution in [1.82, 2.24) is 5.48 Å². The Kier molecular flexibility index (Phi) is 6.10. The van der Waals surface area contributed by atoms with Crippen LogP contribution in [0.5, 0.6) is 0 Å². The summed E-state index contributed by atoms with van der Waals surface area (Å²) in [5.74, 6) is -0.658. The van der Waals surface area contributed by atoms with Crippen molar-refractivity contribution < 1.29 is 19.1 Å². The summed E-state index contributed by atoms with van der Waals surface area (Å²) in [6.07, 6.45) is 1.56. The van der Waals surface area contributed by atoms with Gasteiger partial charge in [0.25, 0.3) is 5.91 Å². The van der Waals surface area contributed by atoms with Crippen LogP contribution in [-0.2, 0) is 4.84 Å². The van der Waals surface area contributed by atoms with Gasteiger partial charge in [-0.1, -0.05) is 0 Å². The first kappa shape index (κ1) is 19.1. The van der Waals surface area contributed by atoms with Crippen molar-refractivity contribution in [3.63, 3.8) is 0 Å². The summed E-state index contributed by atoms with van der Waals surface area (Å²) in [4.78, 5) is 17.8. The lowest BCUT2D eigenvalue weighted by Gasteiger charge is -2.17. The van der Waals surface area contributed by atoms with Crippen molar-refractivity contribution in [2.45, 2.75) is 25.9 Å². The van der Waals surface area contributed by atoms with Gasteiger partial charge in [-0.3, -0.25) is 9.63 Å². The summed E-state index contributed by atoms with van der Waals surface area (Å²) < 4.78 is 14.8. The first-order chi connectivity index (χ1) is 12.5. The molecule has 0 saturated heterocycles. The molecule has 1 amide bonds. The van der Waals surface area contributed by atoms with Crippen LogP contribution in [0.25, 0.3) is 0 Å². The first-order valence-corrected chi connectivity index (χ1v) is 9.45. The zero-order valence-corrected chi connectivity index (χ0v) is 16.4. The van der Waals surface area contributed by atoms with Crippen LogP contribution in [0.3, 0.4) is 0 Å². The molecule has 1 aliphatic carbocycles. The number of anilines is 2. The van der Waals surface area contributed by atoms with Crippen LogP contribution < -0.4 is 10.8 Å². The maximum absolute atomic E-state index is 13.7. The molecule has 2 aromatic rings. The average molecular weight is 470 g/mol. The number of hydrogen-bond donors (Lipinski definition) is 3. The highest BCUT2D eigenvalue weighted by Gasteiger charge is 2.32. The number of nitrogens with one attached hydrogen (secondary N) is 2. The van der Waals surface area contributed by atoms with Crippen molar-refractivity contribution >= 4 is 39.9 Å². The highest BCUT2D eigenvalue weighted by molar-refractivity contribution is 14.1. The van der Waals surface area contributed by atoms with Crippen molar-refractivity contribution in [3.8, 4) is 0 Å². The molecule has 138 valence electrons. The number of amides is 1. The van der Waals surface area contributed by atoms with Gasteiger partial charge in [-0.25, -0.2) is 9.87 Å². The highest BCUT2D eigenvalue weighted by Crippen LogP contribution is 2.33. The Labute approximate surface area is 165 Å². The van der Waals surface area contributed by atoms with E-state index in [1.165, 1.54) is 18.2 Å². The van der Waals surface area contributed by atoms with E-state index in [0.29, 0.717) is 5.69 Å². The van der Waals surface area contributed by atoms with Gasteiger partial charge >= 0.3 is 0 Å². The minimum atomic E-state index is -0.491. The number of hydrogen-bond acceptors (Lipinski definition) is 4. The van der Waals surface area contributed by atoms with Gasteiger partial charge in [-0.05, 0) is 90.2 Å². The second kappa shape index (κ2) is 8.32. The molecule has 0 bridgehead atoms. The fraction of sp³-hybridized carbons (Fsp3) is 0.316. The summed E-state index contributed by atoms with van der Waals surface area (Å²) in [7, 11) is 0. The number of rotatable bonds is 7. The number of aryl methyl sites for hydroxylation is 1. The molecule has 1 fully saturated rings. The smallest absolute Gasteiger partial charge is 0.276 e. The monoisotopic (exact) mass is 470 g/mol. The molecule has 3 N–H and O–H groups in total. The molecule has 7 heteroatoms. The molecule has 0 heterocycles. The topological polar surface area (TPSA) is 70.6 Å². The summed E-state index contributed by atoms with van der Waals surface area (Å²) >= 11 is 2.22. The average Bonchev–Trinajstić information content (AvgIpc) is 3.43. The van der Waals surface area contributed by atoms with E-state index in [1.54, 1.807) is 0 Å². The van der Waals surface area contributed by atoms with E-state index in [4.69, 9.17) is 4.84 Å². The summed E-state index contributed by atoms with van der Waals surface area (Å²) in [5, 5.41) is 12.4. The number of halogens is 2. The van der Waals surface area contributed by atoms with Crippen LogP contribution in [0.4, 0.5) is 15.8 Å². The molecule has 0 aliphatic heterocycles. The minimum absolute atomic E-state index is 0.151. The molecule has 2 aromatic carbocycles. The van der Waals surface area contributed by atoms with Gasteiger partial charge in [-0.2, -0.15) is 0 Å². The Morgan fingerprint density at radius 2 is 2.08 bits per heavy atom. The van der Waals surface area contributed by atoms with Gasteiger partial charge < -0.3 is 10.4 Å². The number of carbonyl (C=O) groups excluding carboxylic acids is 1. The lowest BCUT2D eigenvalue weighted by molar-refractivity contribution is -0.0496. The molecule has 0 spiro atoms. The lowest BCUT2D eigenvalue weighted by atomic mass is 10.1. The Hall–Kier alpha value is -1.71. The third-order valence-corrected chi connectivity index (χ3v) is 4.99. The number of hydroxylamine groups is 1. The number of aliphatic hydroxyl groups is 1. The summed E-state index contributed by atoms with van der Waals surface area (Å²) in [5.41, 5.74) is 4.76. The molecular formula is C19H20FIN2O3. The van der Waals surface area contributed by atoms with E-state index in [9.17, 15) is 14.3 Å². The molecule has 5 nitrogen and oxygen atoms in total. The minimum Gasteiger partial charge on any atom is -0.394 e. The largest absolute Gasteiger partial charge is 0.394 e. The SMILES string of the molecule is Cc1cc(I)ccc1Nc1cc(F)ccc1C(=O)NOC(CO)C1CC1. The van der Waals surface area contributed by atoms with Crippen molar-refractivity contribution in [2.75, 3.05) is 11.9 Å². The highest BCUT2D eigenvalue weighted by atomic mass is 127. The van der Waals surface area contributed by atoms with E-state index in [-0.39, 0.29) is 18.1 Å². The Bertz CT molecular complexity index is 811. The standard InChI is InChI=1S/C19H20FIN2O3/c1-11-8-14(21)5-7-16(11)22-17-9-13(20)4-6-15(17)19(25)23-26-18(10-24)12-2-3-12/h4-9,12,18,22,24H,2-3,10H2,1H3,(H,23,25). The molecule has 1 aliphatic rings. The van der Waals surface area contributed by atoms with Crippen LogP contribution in [0.1, 0.15) is 28.8 Å². The van der Waals surface area contributed by atoms with Gasteiger partial charge in [0.05, 0.1) is 17.9 Å². The van der Waals surface area contributed by atoms with Crippen molar-refractivity contribution in [1.29, 1.82) is 0 Å². The lowest BCUT2D eigenvalue weighted by Crippen LogP contribution is -2.33. The third kappa shape index (κ3) is 4.72. The fourth-order valence-electron chi connectivity index (χ4n) is 2.67. The zero-order valence-electron chi connectivity index (χ0n) is 14.3. The molecular weight excluding hydrogens is 450 g/mol. The van der Waals surface area contributed by atoms with E-state index in [2.05, 4.69) is 33.4 Å². The quantitative estimate of drug-likeness (QED) is 0.424. The van der Waals surface area contributed by atoms with Gasteiger partial charge in [0.2, 0.25) is 0 Å². The molecule has 1 unspecified atom stereocenters. The van der Waals surface area contributed by atoms with Crippen molar-refractivity contribution in [3.05, 3.63) is 56.9 Å². The summed E-state index contributed by atoms with van der Waals surface area (Å²) in [6, 6.07) is 9.71. The predicted octanol–water partition coefficient (Wildman–Crippen LogP) is 3.91. The second-order valence-corrected chi connectivity index (χ2v) is 7.63. The molecule has 0 aromatic heterocycles. The van der Waals surface area contributed by atoms with Crippen molar-refractivity contribution in [2.24, 2.45) is 5.92 Å². The van der Waals surface area contributed by atoms with Gasteiger partial charge in [0.15, 0.2) is 0 Å². The predicted molar refractivity (Wildman–Crippen MR) is 106 cm³/mol. The Balaban J connectivity index is 1.77. The molecule has 1 atom stereocenters. The molecule has 26 heavy (non-hydrogen) atoms. The Morgan fingerprint density at radius 3 is 2.73 bits per heavy atom. The van der Waals surface area contributed by atoms with Gasteiger partial charge in [0.1, 0.15) is 11.9 Å². The summed E-state index contributed by atoms with van der Waals surface area (Å²) in [6.45, 7) is 1.79. The molecule has 0 radical (unpaired) electrons. The van der Waals surface area contributed by atoms with Gasteiger partial charge in [-0.15, -0.1) is 0 Å². The van der Waals surface area contributed by atoms with Crippen LogP contribution in [0.2, 0.25) is 0 Å². The van der Waals surface area contributed by atoms with Crippen LogP contribution >= 0.6 is 22.6 Å². The zero-order chi connectivity index (χ0) is 18.7. The number of carbonyl (C=O) groups is 1. The number of benzene rings is 2. The van der Waals surface area contributed by atoms with Gasteiger partial charge in [0, 0.05) is 9.26 Å². The first-order valence-electron chi connectivity index (χ1n) is 8.37. The fourth-order valence-corrected chi connectivity index (χ4v) is 3.31. The number of aliphatic hydroxyl groups excluding tert-OH is 1. The van der Waals surface area contributed by atoms with Crippen LogP contribution in [0, 0.1) is 22.2 Å². The van der Waals surface area contributed by atoms with Crippen LogP contribution in [-0.4, -0.2) is 23.7 Å². The maximum Gasteiger partial charge on any atom is 0.276 e. The van der Waals surface area contributed by atoms with E-state index in [1.807, 2.05) is 25.1 Å².